The summed E-state index contributed by atoms with van der Waals surface area (Å²) in [7, 11) is -3.64. The number of thiophene rings is 1. The second-order valence-corrected chi connectivity index (χ2v) is 8.32. The van der Waals surface area contributed by atoms with Crippen LogP contribution in [0.1, 0.15) is 11.8 Å². The molecule has 0 amide bonds. The zero-order valence-corrected chi connectivity index (χ0v) is 15.0. The molecule has 0 atom stereocenters. The van der Waals surface area contributed by atoms with Crippen LogP contribution in [0.25, 0.3) is 0 Å². The number of anilines is 3. The second kappa shape index (κ2) is 7.20. The molecule has 0 fully saturated rings. The zero-order chi connectivity index (χ0) is 17.9. The number of sulfonamides is 1. The molecule has 8 heteroatoms. The van der Waals surface area contributed by atoms with E-state index >= 15 is 0 Å². The van der Waals surface area contributed by atoms with Gasteiger partial charge in [0.2, 0.25) is 0 Å². The van der Waals surface area contributed by atoms with Crippen LogP contribution >= 0.6 is 11.3 Å². The molecular weight excluding hydrogens is 361 g/mol. The molecule has 2 aromatic heterocycles. The molecule has 0 saturated carbocycles. The maximum atomic E-state index is 12.9. The summed E-state index contributed by atoms with van der Waals surface area (Å²) >= 11 is 1.24. The van der Waals surface area contributed by atoms with E-state index in [9.17, 15) is 12.8 Å². The van der Waals surface area contributed by atoms with Crippen molar-refractivity contribution in [3.63, 3.8) is 0 Å². The molecule has 3 aromatic rings. The molecule has 0 saturated heterocycles. The van der Waals surface area contributed by atoms with Crippen LogP contribution in [0.3, 0.4) is 0 Å². The van der Waals surface area contributed by atoms with E-state index in [1.165, 1.54) is 29.7 Å². The van der Waals surface area contributed by atoms with Crippen molar-refractivity contribution in [3.05, 3.63) is 65.4 Å². The summed E-state index contributed by atoms with van der Waals surface area (Å²) in [6.45, 7) is 1.98. The van der Waals surface area contributed by atoms with E-state index in [2.05, 4.69) is 15.0 Å². The first-order chi connectivity index (χ1) is 12.0. The zero-order valence-electron chi connectivity index (χ0n) is 13.4. The third kappa shape index (κ3) is 4.34. The van der Waals surface area contributed by atoms with Gasteiger partial charge < -0.3 is 5.32 Å². The van der Waals surface area contributed by atoms with Crippen molar-refractivity contribution in [3.8, 4) is 0 Å². The topological polar surface area (TPSA) is 71.1 Å². The van der Waals surface area contributed by atoms with Gasteiger partial charge in [0, 0.05) is 10.6 Å². The summed E-state index contributed by atoms with van der Waals surface area (Å²) in [4.78, 5) is 5.11. The van der Waals surface area contributed by atoms with E-state index in [1.54, 1.807) is 30.3 Å². The Morgan fingerprint density at radius 1 is 1.04 bits per heavy atom. The van der Waals surface area contributed by atoms with Gasteiger partial charge in [0.1, 0.15) is 15.8 Å². The number of hydrogen-bond donors (Lipinski definition) is 2. The Bertz CT molecular complexity index is 952. The summed E-state index contributed by atoms with van der Waals surface area (Å²) < 4.78 is 40.3. The molecule has 2 heterocycles. The third-order valence-electron chi connectivity index (χ3n) is 3.39. The maximum absolute atomic E-state index is 12.9. The minimum atomic E-state index is -3.64. The lowest BCUT2D eigenvalue weighted by atomic mass is 10.3. The van der Waals surface area contributed by atoms with Crippen molar-refractivity contribution in [1.82, 2.24) is 4.98 Å². The van der Waals surface area contributed by atoms with Crippen molar-refractivity contribution in [2.24, 2.45) is 0 Å². The van der Waals surface area contributed by atoms with Gasteiger partial charge in [-0.2, -0.15) is 0 Å². The fourth-order valence-corrected chi connectivity index (χ4v) is 4.41. The molecule has 0 radical (unpaired) electrons. The lowest BCUT2D eigenvalue weighted by Crippen LogP contribution is -2.12. The van der Waals surface area contributed by atoms with Crippen LogP contribution < -0.4 is 10.0 Å². The Morgan fingerprint density at radius 3 is 2.36 bits per heavy atom. The molecular formula is C17H16FN3O2S2. The molecule has 0 unspecified atom stereocenters. The van der Waals surface area contributed by atoms with Crippen LogP contribution in [-0.4, -0.2) is 13.4 Å². The largest absolute Gasteiger partial charge is 0.354 e. The Balaban J connectivity index is 1.70. The average molecular weight is 377 g/mol. The van der Waals surface area contributed by atoms with Gasteiger partial charge >= 0.3 is 0 Å². The van der Waals surface area contributed by atoms with E-state index in [1.807, 2.05) is 13.0 Å². The molecule has 25 heavy (non-hydrogen) atoms. The molecule has 1 aromatic carbocycles. The van der Waals surface area contributed by atoms with Crippen LogP contribution in [0.15, 0.2) is 58.9 Å². The van der Waals surface area contributed by atoms with Crippen molar-refractivity contribution < 1.29 is 12.8 Å². The number of rotatable bonds is 6. The number of benzene rings is 1. The van der Waals surface area contributed by atoms with Gasteiger partial charge in [-0.3, -0.25) is 4.72 Å². The summed E-state index contributed by atoms with van der Waals surface area (Å²) in [5.74, 6) is -0.0793. The van der Waals surface area contributed by atoms with Crippen molar-refractivity contribution in [2.45, 2.75) is 17.6 Å². The highest BCUT2D eigenvalue weighted by atomic mass is 32.2. The summed E-state index contributed by atoms with van der Waals surface area (Å²) in [5, 5.41) is 3.06. The number of aromatic nitrogens is 1. The van der Waals surface area contributed by atoms with Crippen LogP contribution in [0.5, 0.6) is 0 Å². The molecule has 0 bridgehead atoms. The van der Waals surface area contributed by atoms with Gasteiger partial charge in [-0.15, -0.1) is 11.3 Å². The van der Waals surface area contributed by atoms with Crippen LogP contribution in [0, 0.1) is 5.82 Å². The lowest BCUT2D eigenvalue weighted by Gasteiger charge is -2.08. The molecule has 0 aliphatic heterocycles. The first kappa shape index (κ1) is 17.4. The van der Waals surface area contributed by atoms with Gasteiger partial charge in [-0.05, 0) is 55.0 Å². The molecule has 3 rings (SSSR count). The highest BCUT2D eigenvalue weighted by Gasteiger charge is 2.17. The van der Waals surface area contributed by atoms with Crippen LogP contribution in [-0.2, 0) is 16.4 Å². The Hall–Kier alpha value is -2.45. The predicted octanol–water partition coefficient (Wildman–Crippen LogP) is 4.39. The fourth-order valence-electron chi connectivity index (χ4n) is 2.11. The SMILES string of the molecule is CCc1ccc(S(=O)(=O)Nc2ccc(Nc3ccc(F)cc3)cn2)s1. The van der Waals surface area contributed by atoms with E-state index < -0.39 is 10.0 Å². The van der Waals surface area contributed by atoms with Crippen molar-refractivity contribution in [1.29, 1.82) is 0 Å². The number of pyridine rings is 1. The minimum Gasteiger partial charge on any atom is -0.354 e. The van der Waals surface area contributed by atoms with Crippen LogP contribution in [0.2, 0.25) is 0 Å². The standard InChI is InChI=1S/C17H16FN3O2S2/c1-2-15-8-10-17(24-15)25(22,23)21-16-9-7-14(11-19-16)20-13-5-3-12(18)4-6-13/h3-11,20H,2H2,1H3,(H,19,21). The molecule has 0 spiro atoms. The Kier molecular flexibility index (Phi) is 5.00. The maximum Gasteiger partial charge on any atom is 0.272 e. The van der Waals surface area contributed by atoms with E-state index in [4.69, 9.17) is 0 Å². The van der Waals surface area contributed by atoms with Gasteiger partial charge in [0.05, 0.1) is 11.9 Å². The second-order valence-electron chi connectivity index (χ2n) is 5.24. The normalized spacial score (nSPS) is 11.3. The van der Waals surface area contributed by atoms with Gasteiger partial charge in [0.15, 0.2) is 0 Å². The number of aryl methyl sites for hydroxylation is 1. The van der Waals surface area contributed by atoms with Gasteiger partial charge in [-0.25, -0.2) is 17.8 Å². The number of nitrogens with one attached hydrogen (secondary N) is 2. The first-order valence-corrected chi connectivity index (χ1v) is 9.86. The molecule has 2 N–H and O–H groups in total. The summed E-state index contributed by atoms with van der Waals surface area (Å²) in [5.41, 5.74) is 1.38. The van der Waals surface area contributed by atoms with Crippen molar-refractivity contribution in [2.75, 3.05) is 10.0 Å². The number of halogens is 1. The lowest BCUT2D eigenvalue weighted by molar-refractivity contribution is 0.603. The van der Waals surface area contributed by atoms with E-state index in [0.29, 0.717) is 11.4 Å². The molecule has 130 valence electrons. The summed E-state index contributed by atoms with van der Waals surface area (Å²) in [6.07, 6.45) is 2.30. The average Bonchev–Trinajstić information content (AvgIpc) is 3.09. The highest BCUT2D eigenvalue weighted by molar-refractivity contribution is 7.94. The van der Waals surface area contributed by atoms with Crippen LogP contribution in [0.4, 0.5) is 21.6 Å². The van der Waals surface area contributed by atoms with Gasteiger partial charge in [0.25, 0.3) is 10.0 Å². The first-order valence-electron chi connectivity index (χ1n) is 7.56. The van der Waals surface area contributed by atoms with Crippen molar-refractivity contribution >= 4 is 38.6 Å². The monoisotopic (exact) mass is 377 g/mol. The van der Waals surface area contributed by atoms with Gasteiger partial charge in [-0.1, -0.05) is 6.92 Å². The molecule has 5 nitrogen and oxygen atoms in total. The fraction of sp³-hybridized carbons (Fsp3) is 0.118. The number of nitrogens with zero attached hydrogens (tertiary/aromatic N) is 1. The Morgan fingerprint density at radius 2 is 1.76 bits per heavy atom. The smallest absolute Gasteiger partial charge is 0.272 e. The summed E-state index contributed by atoms with van der Waals surface area (Å²) in [6, 6.07) is 12.6. The molecule has 0 aliphatic rings. The molecule has 0 aliphatic carbocycles. The predicted molar refractivity (Wildman–Crippen MR) is 98.4 cm³/mol. The quantitative estimate of drug-likeness (QED) is 0.668. The highest BCUT2D eigenvalue weighted by Crippen LogP contribution is 2.24. The number of hydrogen-bond acceptors (Lipinski definition) is 5. The minimum absolute atomic E-state index is 0.233. The van der Waals surface area contributed by atoms with E-state index in [-0.39, 0.29) is 15.8 Å². The third-order valence-corrected chi connectivity index (χ3v) is 6.46. The Labute approximate surface area is 149 Å². The van der Waals surface area contributed by atoms with E-state index in [0.717, 1.165) is 11.3 Å².